The van der Waals surface area contributed by atoms with Crippen LogP contribution in [-0.2, 0) is 13.1 Å². The molecule has 1 heterocycles. The fourth-order valence-electron chi connectivity index (χ4n) is 5.44. The molecule has 184 valence electrons. The van der Waals surface area contributed by atoms with Crippen LogP contribution in [0.25, 0.3) is 0 Å². The molecule has 0 aromatic heterocycles. The second-order valence-electron chi connectivity index (χ2n) is 11.3. The van der Waals surface area contributed by atoms with E-state index in [0.29, 0.717) is 23.7 Å². The number of anilines is 1. The predicted octanol–water partition coefficient (Wildman–Crippen LogP) is 9.07. The van der Waals surface area contributed by atoms with E-state index in [-0.39, 0.29) is 0 Å². The van der Waals surface area contributed by atoms with Gasteiger partial charge in [0.2, 0.25) is 6.34 Å². The van der Waals surface area contributed by atoms with Gasteiger partial charge in [-0.3, -0.25) is 0 Å². The van der Waals surface area contributed by atoms with Crippen LogP contribution in [0.1, 0.15) is 112 Å². The third-order valence-corrected chi connectivity index (χ3v) is 7.34. The molecular formula is C33H43N2+. The van der Waals surface area contributed by atoms with Gasteiger partial charge < -0.3 is 0 Å². The number of hydrogen-bond acceptors (Lipinski definition) is 1. The summed E-state index contributed by atoms with van der Waals surface area (Å²) in [5, 5.41) is 0. The zero-order chi connectivity index (χ0) is 25.3. The van der Waals surface area contributed by atoms with E-state index in [9.17, 15) is 0 Å². The Balaban J connectivity index is 2.03. The van der Waals surface area contributed by atoms with Crippen LogP contribution in [0.2, 0.25) is 0 Å². The minimum Gasteiger partial charge on any atom is -0.229 e. The monoisotopic (exact) mass is 467 g/mol. The molecular weight excluding hydrogens is 424 g/mol. The summed E-state index contributed by atoms with van der Waals surface area (Å²) in [5.41, 5.74) is 11.3. The molecule has 0 unspecified atom stereocenters. The summed E-state index contributed by atoms with van der Waals surface area (Å²) in [7, 11) is 0. The second kappa shape index (κ2) is 10.4. The zero-order valence-corrected chi connectivity index (χ0v) is 23.0. The highest BCUT2D eigenvalue weighted by Crippen LogP contribution is 2.39. The van der Waals surface area contributed by atoms with Crippen LogP contribution in [0, 0.1) is 0 Å². The molecule has 0 amide bonds. The molecule has 0 atom stereocenters. The van der Waals surface area contributed by atoms with E-state index in [1.807, 2.05) is 0 Å². The Labute approximate surface area is 213 Å². The number of hydrogen-bond donors (Lipinski definition) is 0. The molecule has 1 aliphatic heterocycles. The van der Waals surface area contributed by atoms with Crippen LogP contribution < -0.4 is 4.90 Å². The third-order valence-electron chi connectivity index (χ3n) is 7.34. The first-order valence-corrected chi connectivity index (χ1v) is 13.4. The fourth-order valence-corrected chi connectivity index (χ4v) is 5.44. The van der Waals surface area contributed by atoms with Gasteiger partial charge in [0.05, 0.1) is 0 Å². The highest BCUT2D eigenvalue weighted by Gasteiger charge is 2.30. The second-order valence-corrected chi connectivity index (χ2v) is 11.3. The van der Waals surface area contributed by atoms with Crippen LogP contribution in [0.3, 0.4) is 0 Å². The fraction of sp³-hybridized carbons (Fsp3) is 0.424. The minimum atomic E-state index is 0.457. The molecule has 2 heteroatoms. The van der Waals surface area contributed by atoms with Crippen LogP contribution in [0.4, 0.5) is 11.4 Å². The van der Waals surface area contributed by atoms with Crippen molar-refractivity contribution in [3.05, 3.63) is 94.0 Å². The lowest BCUT2D eigenvalue weighted by atomic mass is 9.91. The molecule has 35 heavy (non-hydrogen) atoms. The third kappa shape index (κ3) is 5.08. The van der Waals surface area contributed by atoms with Crippen LogP contribution in [0.15, 0.2) is 60.7 Å². The largest absolute Gasteiger partial charge is 0.245 e. The van der Waals surface area contributed by atoms with E-state index in [4.69, 9.17) is 0 Å². The summed E-state index contributed by atoms with van der Waals surface area (Å²) >= 11 is 0. The van der Waals surface area contributed by atoms with E-state index in [2.05, 4.69) is 132 Å². The van der Waals surface area contributed by atoms with Crippen molar-refractivity contribution in [2.75, 3.05) is 4.90 Å². The normalized spacial score (nSPS) is 14.1. The predicted molar refractivity (Wildman–Crippen MR) is 152 cm³/mol. The Morgan fingerprint density at radius 1 is 0.571 bits per heavy atom. The Morgan fingerprint density at radius 2 is 1.03 bits per heavy atom. The number of para-hydroxylation sites is 2. The smallest absolute Gasteiger partial charge is 0.229 e. The van der Waals surface area contributed by atoms with Crippen molar-refractivity contribution in [3.63, 3.8) is 0 Å². The highest BCUT2D eigenvalue weighted by atomic mass is 15.2. The Morgan fingerprint density at radius 3 is 1.51 bits per heavy atom. The molecule has 0 fully saturated rings. The lowest BCUT2D eigenvalue weighted by Crippen LogP contribution is -2.27. The molecule has 0 saturated heterocycles. The SMILES string of the molecule is CC(C)c1cccc(C(C)C)c1N1C=[N+](c2c(C(C)C)cccc2C(C)C)Cc2ccccc2C1. The molecule has 3 aromatic carbocycles. The topological polar surface area (TPSA) is 6.25 Å². The van der Waals surface area contributed by atoms with Gasteiger partial charge in [0.1, 0.15) is 24.5 Å². The molecule has 0 saturated carbocycles. The molecule has 0 spiro atoms. The molecule has 2 nitrogen and oxygen atoms in total. The number of fused-ring (bicyclic) bond motifs is 1. The van der Waals surface area contributed by atoms with Crippen molar-refractivity contribution in [2.45, 2.75) is 92.2 Å². The van der Waals surface area contributed by atoms with Crippen molar-refractivity contribution < 1.29 is 4.58 Å². The van der Waals surface area contributed by atoms with Gasteiger partial charge in [-0.2, -0.15) is 0 Å². The summed E-state index contributed by atoms with van der Waals surface area (Å²) in [4.78, 5) is 2.54. The first-order chi connectivity index (χ1) is 16.7. The zero-order valence-electron chi connectivity index (χ0n) is 23.0. The van der Waals surface area contributed by atoms with Crippen molar-refractivity contribution in [2.24, 2.45) is 0 Å². The van der Waals surface area contributed by atoms with E-state index < -0.39 is 0 Å². The van der Waals surface area contributed by atoms with Gasteiger partial charge in [0.15, 0.2) is 0 Å². The Kier molecular flexibility index (Phi) is 7.50. The number of rotatable bonds is 6. The first kappa shape index (κ1) is 25.2. The average Bonchev–Trinajstić information content (AvgIpc) is 3.02. The Hall–Kier alpha value is -2.87. The van der Waals surface area contributed by atoms with E-state index >= 15 is 0 Å². The lowest BCUT2D eigenvalue weighted by Gasteiger charge is -2.24. The van der Waals surface area contributed by atoms with E-state index in [0.717, 1.165) is 13.1 Å². The summed E-state index contributed by atoms with van der Waals surface area (Å²) in [6, 6.07) is 22.8. The molecule has 1 aliphatic rings. The van der Waals surface area contributed by atoms with Gasteiger partial charge in [0, 0.05) is 33.4 Å². The van der Waals surface area contributed by atoms with Gasteiger partial charge in [-0.15, -0.1) is 0 Å². The van der Waals surface area contributed by atoms with Gasteiger partial charge in [-0.1, -0.05) is 116 Å². The standard InChI is InChI=1S/C33H43N2/c1-22(2)28-15-11-16-29(23(3)4)32(28)34-19-26-13-9-10-14-27(26)20-35(21-34)33-30(24(5)6)17-12-18-31(33)25(7)8/h9-18,21-25H,19-20H2,1-8H3/q+1. The van der Waals surface area contributed by atoms with E-state index in [1.54, 1.807) is 0 Å². The molecule has 0 aliphatic carbocycles. The average molecular weight is 468 g/mol. The molecule has 0 radical (unpaired) electrons. The number of nitrogens with zero attached hydrogens (tertiary/aromatic N) is 2. The van der Waals surface area contributed by atoms with Crippen molar-refractivity contribution >= 4 is 17.7 Å². The van der Waals surface area contributed by atoms with Gasteiger partial charge in [-0.05, 0) is 23.7 Å². The summed E-state index contributed by atoms with van der Waals surface area (Å²) in [5.74, 6) is 1.83. The van der Waals surface area contributed by atoms with Crippen molar-refractivity contribution in [3.8, 4) is 0 Å². The highest BCUT2D eigenvalue weighted by molar-refractivity contribution is 5.82. The van der Waals surface area contributed by atoms with Gasteiger partial charge in [-0.25, -0.2) is 9.48 Å². The van der Waals surface area contributed by atoms with Crippen LogP contribution in [0.5, 0.6) is 0 Å². The molecule has 4 rings (SSSR count). The van der Waals surface area contributed by atoms with Gasteiger partial charge >= 0.3 is 0 Å². The Bertz CT molecular complexity index is 1160. The molecule has 0 bridgehead atoms. The minimum absolute atomic E-state index is 0.457. The number of benzene rings is 3. The van der Waals surface area contributed by atoms with E-state index in [1.165, 1.54) is 44.8 Å². The van der Waals surface area contributed by atoms with Crippen LogP contribution >= 0.6 is 0 Å². The maximum atomic E-state index is 2.54. The summed E-state index contributed by atoms with van der Waals surface area (Å²) in [6.07, 6.45) is 2.42. The molecule has 0 N–H and O–H groups in total. The lowest BCUT2D eigenvalue weighted by molar-refractivity contribution is -0.454. The van der Waals surface area contributed by atoms with Crippen molar-refractivity contribution in [1.82, 2.24) is 0 Å². The maximum absolute atomic E-state index is 2.54. The summed E-state index contributed by atoms with van der Waals surface area (Å²) in [6.45, 7) is 20.3. The maximum Gasteiger partial charge on any atom is 0.245 e. The van der Waals surface area contributed by atoms with Gasteiger partial charge in [0.25, 0.3) is 0 Å². The quantitative estimate of drug-likeness (QED) is 0.328. The molecule has 3 aromatic rings. The first-order valence-electron chi connectivity index (χ1n) is 13.4. The summed E-state index contributed by atoms with van der Waals surface area (Å²) < 4.78 is 2.54. The van der Waals surface area contributed by atoms with Crippen molar-refractivity contribution in [1.29, 1.82) is 0 Å². The van der Waals surface area contributed by atoms with Crippen LogP contribution in [-0.4, -0.2) is 10.9 Å².